The molecule has 4 N–H and O–H groups in total. The molecule has 2 amide bonds. The maximum Gasteiger partial charge on any atom is 0.319 e. The minimum Gasteiger partial charge on any atom is -0.382 e. The Kier molecular flexibility index (Phi) is 8.42. The molecule has 0 radical (unpaired) electrons. The molecule has 0 aliphatic carbocycles. The predicted octanol–water partition coefficient (Wildman–Crippen LogP) is 1.88. The fraction of sp³-hybridized carbons (Fsp3) is 0.533. The van der Waals surface area contributed by atoms with Gasteiger partial charge in [-0.2, -0.15) is 0 Å². The first kappa shape index (κ1) is 17.4. The summed E-state index contributed by atoms with van der Waals surface area (Å²) < 4.78 is 10.2. The second kappa shape index (κ2) is 10.1. The second-order valence-corrected chi connectivity index (χ2v) is 4.75. The van der Waals surface area contributed by atoms with E-state index in [0.717, 1.165) is 17.7 Å². The van der Waals surface area contributed by atoms with Crippen LogP contribution in [0.1, 0.15) is 24.9 Å². The molecule has 0 aromatic heterocycles. The number of methoxy groups -OCH3 is 1. The molecule has 118 valence electrons. The van der Waals surface area contributed by atoms with Crippen molar-refractivity contribution in [2.75, 3.05) is 38.8 Å². The zero-order valence-electron chi connectivity index (χ0n) is 12.7. The normalized spacial score (nSPS) is 12.0. The highest BCUT2D eigenvalue weighted by atomic mass is 16.5. The Morgan fingerprint density at radius 2 is 1.95 bits per heavy atom. The van der Waals surface area contributed by atoms with Crippen molar-refractivity contribution in [3.63, 3.8) is 0 Å². The summed E-state index contributed by atoms with van der Waals surface area (Å²) in [4.78, 5) is 11.7. The molecular formula is C15H25N3O3. The molecule has 1 rings (SSSR count). The number of hydrogen-bond acceptors (Lipinski definition) is 4. The van der Waals surface area contributed by atoms with Crippen LogP contribution in [0.25, 0.3) is 0 Å². The summed E-state index contributed by atoms with van der Waals surface area (Å²) in [5.41, 5.74) is 7.55. The van der Waals surface area contributed by atoms with E-state index < -0.39 is 0 Å². The van der Waals surface area contributed by atoms with Crippen LogP contribution >= 0.6 is 0 Å². The number of hydrogen-bond donors (Lipinski definition) is 3. The van der Waals surface area contributed by atoms with Gasteiger partial charge in [0.1, 0.15) is 0 Å². The van der Waals surface area contributed by atoms with Gasteiger partial charge in [-0.25, -0.2) is 4.79 Å². The Bertz CT molecular complexity index is 407. The quantitative estimate of drug-likeness (QED) is 0.607. The van der Waals surface area contributed by atoms with Crippen LogP contribution in [0.4, 0.5) is 10.5 Å². The molecule has 1 unspecified atom stereocenters. The lowest BCUT2D eigenvalue weighted by molar-refractivity contribution is 0.0697. The van der Waals surface area contributed by atoms with Crippen LogP contribution < -0.4 is 16.4 Å². The number of nitrogens with one attached hydrogen (secondary N) is 2. The molecule has 0 saturated heterocycles. The third-order valence-corrected chi connectivity index (χ3v) is 2.88. The van der Waals surface area contributed by atoms with E-state index in [-0.39, 0.29) is 12.1 Å². The number of rotatable bonds is 9. The molecule has 6 nitrogen and oxygen atoms in total. The lowest BCUT2D eigenvalue weighted by Crippen LogP contribution is -2.30. The summed E-state index contributed by atoms with van der Waals surface area (Å²) in [5.74, 6) is 0. The Morgan fingerprint density at radius 3 is 2.57 bits per heavy atom. The minimum atomic E-state index is -0.222. The topological polar surface area (TPSA) is 85.6 Å². The highest BCUT2D eigenvalue weighted by molar-refractivity contribution is 5.89. The first-order chi connectivity index (χ1) is 10.1. The van der Waals surface area contributed by atoms with Crippen LogP contribution in [0.3, 0.4) is 0 Å². The molecule has 0 heterocycles. The number of carbonyl (C=O) groups excluding carboxylic acids is 1. The van der Waals surface area contributed by atoms with Gasteiger partial charge in [-0.3, -0.25) is 0 Å². The smallest absolute Gasteiger partial charge is 0.319 e. The third-order valence-electron chi connectivity index (χ3n) is 2.88. The summed E-state index contributed by atoms with van der Waals surface area (Å²) in [7, 11) is 1.63. The van der Waals surface area contributed by atoms with Crippen LogP contribution in [-0.2, 0) is 9.47 Å². The standard InChI is InChI=1S/C15H25N3O3/c1-12(16)13-4-6-14(7-5-13)18-15(19)17-8-3-9-21-11-10-20-2/h4-7,12H,3,8-11,16H2,1-2H3,(H2,17,18,19). The number of benzene rings is 1. The lowest BCUT2D eigenvalue weighted by atomic mass is 10.1. The Hall–Kier alpha value is -1.63. The largest absolute Gasteiger partial charge is 0.382 e. The van der Waals surface area contributed by atoms with Gasteiger partial charge >= 0.3 is 6.03 Å². The van der Waals surface area contributed by atoms with Crippen LogP contribution in [-0.4, -0.2) is 39.5 Å². The summed E-state index contributed by atoms with van der Waals surface area (Å²) in [6.07, 6.45) is 0.765. The van der Waals surface area contributed by atoms with E-state index in [1.54, 1.807) is 7.11 Å². The molecule has 0 bridgehead atoms. The summed E-state index contributed by atoms with van der Waals surface area (Å²) >= 11 is 0. The monoisotopic (exact) mass is 295 g/mol. The van der Waals surface area contributed by atoms with E-state index >= 15 is 0 Å². The van der Waals surface area contributed by atoms with Gasteiger partial charge < -0.3 is 25.8 Å². The van der Waals surface area contributed by atoms with Crippen LogP contribution in [0.5, 0.6) is 0 Å². The number of carbonyl (C=O) groups is 1. The maximum atomic E-state index is 11.7. The molecule has 21 heavy (non-hydrogen) atoms. The van der Waals surface area contributed by atoms with E-state index in [0.29, 0.717) is 26.4 Å². The van der Waals surface area contributed by atoms with Crippen molar-refractivity contribution < 1.29 is 14.3 Å². The molecule has 1 aromatic rings. The van der Waals surface area contributed by atoms with Gasteiger partial charge in [0, 0.05) is 32.0 Å². The van der Waals surface area contributed by atoms with Crippen LogP contribution in [0.2, 0.25) is 0 Å². The first-order valence-corrected chi connectivity index (χ1v) is 7.10. The highest BCUT2D eigenvalue weighted by Gasteiger charge is 2.02. The van der Waals surface area contributed by atoms with Gasteiger partial charge in [-0.15, -0.1) is 0 Å². The minimum absolute atomic E-state index is 0.00835. The Labute approximate surface area is 126 Å². The average molecular weight is 295 g/mol. The van der Waals surface area contributed by atoms with Gasteiger partial charge in [0.15, 0.2) is 0 Å². The molecule has 0 fully saturated rings. The second-order valence-electron chi connectivity index (χ2n) is 4.75. The molecule has 0 aliphatic rings. The summed E-state index contributed by atoms with van der Waals surface area (Å²) in [6.45, 7) is 4.26. The number of urea groups is 1. The van der Waals surface area contributed by atoms with Crippen LogP contribution in [0.15, 0.2) is 24.3 Å². The van der Waals surface area contributed by atoms with Crippen molar-refractivity contribution >= 4 is 11.7 Å². The third kappa shape index (κ3) is 7.65. The molecule has 1 aromatic carbocycles. The van der Waals surface area contributed by atoms with Gasteiger partial charge in [-0.1, -0.05) is 12.1 Å². The van der Waals surface area contributed by atoms with Gasteiger partial charge in [0.05, 0.1) is 13.2 Å². The van der Waals surface area contributed by atoms with E-state index in [2.05, 4.69) is 10.6 Å². The molecule has 6 heteroatoms. The molecule has 0 spiro atoms. The fourth-order valence-electron chi connectivity index (χ4n) is 1.67. The van der Waals surface area contributed by atoms with E-state index in [9.17, 15) is 4.79 Å². The maximum absolute atomic E-state index is 11.7. The highest BCUT2D eigenvalue weighted by Crippen LogP contribution is 2.13. The van der Waals surface area contributed by atoms with Crippen molar-refractivity contribution in [2.24, 2.45) is 5.73 Å². The van der Waals surface area contributed by atoms with E-state index in [1.165, 1.54) is 0 Å². The van der Waals surface area contributed by atoms with Crippen molar-refractivity contribution in [3.05, 3.63) is 29.8 Å². The molecule has 0 aliphatic heterocycles. The van der Waals surface area contributed by atoms with Crippen LogP contribution in [0, 0.1) is 0 Å². The first-order valence-electron chi connectivity index (χ1n) is 7.10. The molecule has 1 atom stereocenters. The average Bonchev–Trinajstić information content (AvgIpc) is 2.47. The van der Waals surface area contributed by atoms with Gasteiger partial charge in [0.2, 0.25) is 0 Å². The molecular weight excluding hydrogens is 270 g/mol. The van der Waals surface area contributed by atoms with Gasteiger partial charge in [0.25, 0.3) is 0 Å². The summed E-state index contributed by atoms with van der Waals surface area (Å²) in [6, 6.07) is 7.26. The Balaban J connectivity index is 2.15. The van der Waals surface area contributed by atoms with E-state index in [4.69, 9.17) is 15.2 Å². The Morgan fingerprint density at radius 1 is 1.24 bits per heavy atom. The zero-order chi connectivity index (χ0) is 15.5. The van der Waals surface area contributed by atoms with Crippen molar-refractivity contribution in [2.45, 2.75) is 19.4 Å². The number of ether oxygens (including phenoxy) is 2. The SMILES string of the molecule is COCCOCCCNC(=O)Nc1ccc(C(C)N)cc1. The molecule has 0 saturated carbocycles. The zero-order valence-corrected chi connectivity index (χ0v) is 12.7. The van der Waals surface area contributed by atoms with Crippen molar-refractivity contribution in [3.8, 4) is 0 Å². The van der Waals surface area contributed by atoms with Crippen molar-refractivity contribution in [1.82, 2.24) is 5.32 Å². The lowest BCUT2D eigenvalue weighted by Gasteiger charge is -2.10. The number of nitrogens with two attached hydrogens (primary N) is 1. The fourth-order valence-corrected chi connectivity index (χ4v) is 1.67. The summed E-state index contributed by atoms with van der Waals surface area (Å²) in [5, 5.41) is 5.54. The van der Waals surface area contributed by atoms with Crippen molar-refractivity contribution in [1.29, 1.82) is 0 Å². The van der Waals surface area contributed by atoms with Gasteiger partial charge in [-0.05, 0) is 31.0 Å². The number of anilines is 1. The van der Waals surface area contributed by atoms with E-state index in [1.807, 2.05) is 31.2 Å². The number of amides is 2. The predicted molar refractivity (Wildman–Crippen MR) is 83.4 cm³/mol.